The van der Waals surface area contributed by atoms with Gasteiger partial charge in [-0.15, -0.1) is 11.3 Å². The minimum absolute atomic E-state index is 0.0300. The Balaban J connectivity index is 1.25. The molecule has 2 aromatic carbocycles. The number of nitrogens with one attached hydrogen (secondary N) is 1. The monoisotopic (exact) mass is 393 g/mol. The molecular weight excluding hydrogens is 370 g/mol. The average molecular weight is 394 g/mol. The Morgan fingerprint density at radius 1 is 1.18 bits per heavy atom. The highest BCUT2D eigenvalue weighted by atomic mass is 32.1. The van der Waals surface area contributed by atoms with Crippen molar-refractivity contribution in [2.75, 3.05) is 13.1 Å². The minimum atomic E-state index is -0.0300. The summed E-state index contributed by atoms with van der Waals surface area (Å²) in [5, 5.41) is 5.12. The van der Waals surface area contributed by atoms with E-state index in [1.165, 1.54) is 5.56 Å². The predicted molar refractivity (Wildman–Crippen MR) is 110 cm³/mol. The number of hydrogen-bond acceptors (Lipinski definition) is 5. The molecule has 0 unspecified atom stereocenters. The van der Waals surface area contributed by atoms with Gasteiger partial charge in [-0.2, -0.15) is 0 Å². The normalized spacial score (nSPS) is 16.8. The SMILES string of the molecule is O=C(N[C@@H]1CCN(Cc2ccccc2)C1)c1ccc(OCc2cscn2)cc1. The van der Waals surface area contributed by atoms with E-state index in [-0.39, 0.29) is 11.9 Å². The van der Waals surface area contributed by atoms with E-state index in [2.05, 4.69) is 39.5 Å². The van der Waals surface area contributed by atoms with Crippen molar-refractivity contribution in [3.8, 4) is 5.75 Å². The number of rotatable bonds is 7. The largest absolute Gasteiger partial charge is 0.487 e. The van der Waals surface area contributed by atoms with Crippen LogP contribution in [0.4, 0.5) is 0 Å². The van der Waals surface area contributed by atoms with Crippen molar-refractivity contribution in [1.29, 1.82) is 0 Å². The van der Waals surface area contributed by atoms with Gasteiger partial charge in [0, 0.05) is 36.6 Å². The molecule has 0 saturated carbocycles. The first kappa shape index (κ1) is 18.7. The number of benzene rings is 2. The van der Waals surface area contributed by atoms with Gasteiger partial charge in [0.25, 0.3) is 5.91 Å². The number of ether oxygens (including phenoxy) is 1. The Hall–Kier alpha value is -2.70. The molecule has 1 N–H and O–H groups in total. The van der Waals surface area contributed by atoms with Gasteiger partial charge < -0.3 is 10.1 Å². The van der Waals surface area contributed by atoms with E-state index >= 15 is 0 Å². The highest BCUT2D eigenvalue weighted by Crippen LogP contribution is 2.16. The molecule has 0 radical (unpaired) electrons. The number of carbonyl (C=O) groups excluding carboxylic acids is 1. The molecule has 1 aliphatic heterocycles. The van der Waals surface area contributed by atoms with Crippen LogP contribution in [0.5, 0.6) is 5.75 Å². The lowest BCUT2D eigenvalue weighted by atomic mass is 10.2. The highest BCUT2D eigenvalue weighted by Gasteiger charge is 2.24. The molecule has 6 heteroatoms. The first-order valence-corrected chi connectivity index (χ1v) is 10.4. The van der Waals surface area contributed by atoms with Crippen LogP contribution in [0.25, 0.3) is 0 Å². The fourth-order valence-electron chi connectivity index (χ4n) is 3.37. The molecule has 4 rings (SSSR count). The Bertz CT molecular complexity index is 882. The first-order chi connectivity index (χ1) is 13.8. The predicted octanol–water partition coefficient (Wildman–Crippen LogP) is 3.73. The average Bonchev–Trinajstić information content (AvgIpc) is 3.40. The van der Waals surface area contributed by atoms with E-state index in [9.17, 15) is 4.79 Å². The Kier molecular flexibility index (Phi) is 5.99. The molecule has 1 atom stereocenters. The van der Waals surface area contributed by atoms with Crippen LogP contribution in [0.1, 0.15) is 28.0 Å². The smallest absolute Gasteiger partial charge is 0.251 e. The van der Waals surface area contributed by atoms with Crippen molar-refractivity contribution >= 4 is 17.2 Å². The van der Waals surface area contributed by atoms with Gasteiger partial charge in [0.2, 0.25) is 0 Å². The van der Waals surface area contributed by atoms with Crippen LogP contribution in [-0.2, 0) is 13.2 Å². The standard InChI is InChI=1S/C22H23N3O2S/c26-22(18-6-8-21(9-7-18)27-14-20-15-28-16-23-20)24-19-10-11-25(13-19)12-17-4-2-1-3-5-17/h1-9,15-16,19H,10-14H2,(H,24,26)/t19-/m1/s1. The fourth-order valence-corrected chi connectivity index (χ4v) is 3.92. The van der Waals surface area contributed by atoms with Gasteiger partial charge in [0.15, 0.2) is 0 Å². The van der Waals surface area contributed by atoms with Crippen molar-refractivity contribution in [2.24, 2.45) is 0 Å². The maximum atomic E-state index is 12.5. The van der Waals surface area contributed by atoms with Crippen LogP contribution in [-0.4, -0.2) is 34.9 Å². The van der Waals surface area contributed by atoms with Crippen LogP contribution in [0.2, 0.25) is 0 Å². The molecule has 3 aromatic rings. The third-order valence-corrected chi connectivity index (χ3v) is 5.48. The lowest BCUT2D eigenvalue weighted by Crippen LogP contribution is -2.36. The topological polar surface area (TPSA) is 54.5 Å². The molecule has 5 nitrogen and oxygen atoms in total. The third-order valence-electron chi connectivity index (χ3n) is 4.84. The number of hydrogen-bond donors (Lipinski definition) is 1. The van der Waals surface area contributed by atoms with Gasteiger partial charge in [-0.1, -0.05) is 30.3 Å². The molecular formula is C22H23N3O2S. The summed E-state index contributed by atoms with van der Waals surface area (Å²) in [6, 6.07) is 17.9. The van der Waals surface area contributed by atoms with Crippen LogP contribution in [0.3, 0.4) is 0 Å². The number of carbonyl (C=O) groups is 1. The Morgan fingerprint density at radius 3 is 2.75 bits per heavy atom. The quantitative estimate of drug-likeness (QED) is 0.665. The van der Waals surface area contributed by atoms with E-state index in [0.717, 1.165) is 37.5 Å². The van der Waals surface area contributed by atoms with Crippen molar-refractivity contribution in [1.82, 2.24) is 15.2 Å². The molecule has 0 bridgehead atoms. The number of aromatic nitrogens is 1. The number of amides is 1. The van der Waals surface area contributed by atoms with Crippen LogP contribution in [0, 0.1) is 0 Å². The molecule has 2 heterocycles. The second-order valence-corrected chi connectivity index (χ2v) is 7.69. The van der Waals surface area contributed by atoms with Crippen LogP contribution >= 0.6 is 11.3 Å². The van der Waals surface area contributed by atoms with Crippen LogP contribution < -0.4 is 10.1 Å². The summed E-state index contributed by atoms with van der Waals surface area (Å²) in [4.78, 5) is 19.1. The van der Waals surface area contributed by atoms with Gasteiger partial charge >= 0.3 is 0 Å². The van der Waals surface area contributed by atoms with E-state index in [1.807, 2.05) is 35.7 Å². The summed E-state index contributed by atoms with van der Waals surface area (Å²) in [5.74, 6) is 0.706. The van der Waals surface area contributed by atoms with E-state index in [1.54, 1.807) is 16.8 Å². The number of thiazole rings is 1. The summed E-state index contributed by atoms with van der Waals surface area (Å²) in [6.45, 7) is 3.26. The molecule has 1 fully saturated rings. The molecule has 144 valence electrons. The van der Waals surface area contributed by atoms with Crippen molar-refractivity contribution in [3.63, 3.8) is 0 Å². The molecule has 1 amide bonds. The van der Waals surface area contributed by atoms with Gasteiger partial charge in [-0.3, -0.25) is 9.69 Å². The zero-order valence-electron chi connectivity index (χ0n) is 15.6. The number of nitrogens with zero attached hydrogens (tertiary/aromatic N) is 2. The third kappa shape index (κ3) is 4.97. The zero-order chi connectivity index (χ0) is 19.2. The van der Waals surface area contributed by atoms with E-state index in [4.69, 9.17) is 4.74 Å². The van der Waals surface area contributed by atoms with Gasteiger partial charge in [0.1, 0.15) is 12.4 Å². The van der Waals surface area contributed by atoms with Gasteiger partial charge in [0.05, 0.1) is 11.2 Å². The molecule has 0 aliphatic carbocycles. The van der Waals surface area contributed by atoms with Crippen molar-refractivity contribution in [2.45, 2.75) is 25.6 Å². The molecule has 0 spiro atoms. The fraction of sp³-hybridized carbons (Fsp3) is 0.273. The van der Waals surface area contributed by atoms with Gasteiger partial charge in [-0.25, -0.2) is 4.98 Å². The first-order valence-electron chi connectivity index (χ1n) is 9.43. The Labute approximate surface area is 169 Å². The number of likely N-dealkylation sites (tertiary alicyclic amines) is 1. The lowest BCUT2D eigenvalue weighted by Gasteiger charge is -2.17. The van der Waals surface area contributed by atoms with Crippen LogP contribution in [0.15, 0.2) is 65.5 Å². The molecule has 1 aromatic heterocycles. The lowest BCUT2D eigenvalue weighted by molar-refractivity contribution is 0.0937. The summed E-state index contributed by atoms with van der Waals surface area (Å²) in [7, 11) is 0. The summed E-state index contributed by atoms with van der Waals surface area (Å²) < 4.78 is 5.69. The minimum Gasteiger partial charge on any atom is -0.487 e. The maximum Gasteiger partial charge on any atom is 0.251 e. The molecule has 1 saturated heterocycles. The van der Waals surface area contributed by atoms with E-state index < -0.39 is 0 Å². The summed E-state index contributed by atoms with van der Waals surface area (Å²) >= 11 is 1.55. The van der Waals surface area contributed by atoms with Crippen molar-refractivity contribution in [3.05, 3.63) is 82.3 Å². The maximum absolute atomic E-state index is 12.5. The van der Waals surface area contributed by atoms with Gasteiger partial charge in [-0.05, 0) is 36.2 Å². The molecule has 28 heavy (non-hydrogen) atoms. The molecule has 1 aliphatic rings. The van der Waals surface area contributed by atoms with Crippen molar-refractivity contribution < 1.29 is 9.53 Å². The summed E-state index contributed by atoms with van der Waals surface area (Å²) in [5.41, 5.74) is 4.66. The second-order valence-electron chi connectivity index (χ2n) is 6.97. The Morgan fingerprint density at radius 2 is 2.00 bits per heavy atom. The summed E-state index contributed by atoms with van der Waals surface area (Å²) in [6.07, 6.45) is 0.980. The second kappa shape index (κ2) is 8.99. The highest BCUT2D eigenvalue weighted by molar-refractivity contribution is 7.07. The van der Waals surface area contributed by atoms with E-state index in [0.29, 0.717) is 12.2 Å². The zero-order valence-corrected chi connectivity index (χ0v) is 16.4.